The van der Waals surface area contributed by atoms with E-state index in [1.165, 1.54) is 7.11 Å². The van der Waals surface area contributed by atoms with Crippen LogP contribution in [0.3, 0.4) is 0 Å². The minimum absolute atomic E-state index is 0.0956. The summed E-state index contributed by atoms with van der Waals surface area (Å²) < 4.78 is 37.5. The van der Waals surface area contributed by atoms with Crippen molar-refractivity contribution >= 4 is 6.21 Å². The van der Waals surface area contributed by atoms with Crippen LogP contribution in [0.15, 0.2) is 17.3 Å². The fourth-order valence-electron chi connectivity index (χ4n) is 0.763. The van der Waals surface area contributed by atoms with Gasteiger partial charge in [-0.3, -0.25) is 0 Å². The van der Waals surface area contributed by atoms with E-state index in [-0.39, 0.29) is 5.56 Å². The molecule has 0 radical (unpaired) electrons. The molecule has 13 heavy (non-hydrogen) atoms. The molecule has 0 heterocycles. The molecule has 0 aliphatic carbocycles. The average molecular weight is 189 g/mol. The third kappa shape index (κ3) is 2.21. The van der Waals surface area contributed by atoms with Crippen molar-refractivity contribution in [3.8, 4) is 0 Å². The lowest BCUT2D eigenvalue weighted by molar-refractivity contribution is 0.215. The van der Waals surface area contributed by atoms with Gasteiger partial charge in [-0.05, 0) is 12.1 Å². The third-order valence-electron chi connectivity index (χ3n) is 1.31. The number of rotatable bonds is 2. The van der Waals surface area contributed by atoms with Gasteiger partial charge in [0, 0.05) is 5.56 Å². The van der Waals surface area contributed by atoms with Gasteiger partial charge in [-0.15, -0.1) is 0 Å². The van der Waals surface area contributed by atoms with Gasteiger partial charge in [0.25, 0.3) is 0 Å². The molecule has 0 saturated heterocycles. The number of nitrogens with zero attached hydrogens (tertiary/aromatic N) is 1. The summed E-state index contributed by atoms with van der Waals surface area (Å²) in [6.07, 6.45) is 1.08. The maximum Gasteiger partial charge on any atom is 0.194 e. The van der Waals surface area contributed by atoms with Crippen LogP contribution in [-0.4, -0.2) is 13.3 Å². The summed E-state index contributed by atoms with van der Waals surface area (Å²) in [6.45, 7) is 0. The second-order valence-electron chi connectivity index (χ2n) is 2.22. The summed E-state index contributed by atoms with van der Waals surface area (Å²) in [5.74, 6) is -4.00. The number of oxime groups is 1. The first-order chi connectivity index (χ1) is 6.15. The first-order valence-electron chi connectivity index (χ1n) is 3.36. The van der Waals surface area contributed by atoms with Crippen molar-refractivity contribution < 1.29 is 18.0 Å². The van der Waals surface area contributed by atoms with Crippen LogP contribution in [0.25, 0.3) is 0 Å². The molecule has 0 aliphatic rings. The molecule has 0 amide bonds. The highest BCUT2D eigenvalue weighted by atomic mass is 19.2. The second-order valence-corrected chi connectivity index (χ2v) is 2.22. The van der Waals surface area contributed by atoms with Gasteiger partial charge >= 0.3 is 0 Å². The quantitative estimate of drug-likeness (QED) is 0.396. The van der Waals surface area contributed by atoms with E-state index in [9.17, 15) is 13.2 Å². The van der Waals surface area contributed by atoms with Crippen molar-refractivity contribution in [3.05, 3.63) is 35.1 Å². The first-order valence-corrected chi connectivity index (χ1v) is 3.36. The van der Waals surface area contributed by atoms with Crippen LogP contribution >= 0.6 is 0 Å². The van der Waals surface area contributed by atoms with E-state index >= 15 is 0 Å². The zero-order valence-corrected chi connectivity index (χ0v) is 6.72. The molecule has 0 aromatic heterocycles. The molecule has 0 unspecified atom stereocenters. The summed E-state index contributed by atoms with van der Waals surface area (Å²) in [4.78, 5) is 4.29. The van der Waals surface area contributed by atoms with Gasteiger partial charge in [0.2, 0.25) is 0 Å². The topological polar surface area (TPSA) is 21.6 Å². The van der Waals surface area contributed by atoms with Crippen molar-refractivity contribution in [2.75, 3.05) is 7.11 Å². The molecule has 0 aliphatic heterocycles. The zero-order valence-electron chi connectivity index (χ0n) is 6.72. The van der Waals surface area contributed by atoms with Crippen LogP contribution < -0.4 is 0 Å². The Kier molecular flexibility index (Phi) is 2.89. The molecule has 0 fully saturated rings. The SMILES string of the molecule is CO/N=C/c1cc(F)c(F)c(F)c1. The summed E-state index contributed by atoms with van der Waals surface area (Å²) in [7, 11) is 1.28. The lowest BCUT2D eigenvalue weighted by Crippen LogP contribution is -1.93. The molecule has 70 valence electrons. The maximum absolute atomic E-state index is 12.5. The van der Waals surface area contributed by atoms with Crippen LogP contribution in [0, 0.1) is 17.5 Å². The Morgan fingerprint density at radius 3 is 2.23 bits per heavy atom. The third-order valence-corrected chi connectivity index (χ3v) is 1.31. The highest BCUT2D eigenvalue weighted by Gasteiger charge is 2.09. The summed E-state index contributed by atoms with van der Waals surface area (Å²) >= 11 is 0. The van der Waals surface area contributed by atoms with Gasteiger partial charge in [-0.25, -0.2) is 13.2 Å². The smallest absolute Gasteiger partial charge is 0.194 e. The molecule has 1 aromatic rings. The van der Waals surface area contributed by atoms with E-state index in [0.29, 0.717) is 0 Å². The van der Waals surface area contributed by atoms with E-state index in [1.54, 1.807) is 0 Å². The van der Waals surface area contributed by atoms with Crippen molar-refractivity contribution in [3.63, 3.8) is 0 Å². The largest absolute Gasteiger partial charge is 0.399 e. The molecule has 2 nitrogen and oxygen atoms in total. The van der Waals surface area contributed by atoms with Crippen LogP contribution in [0.5, 0.6) is 0 Å². The van der Waals surface area contributed by atoms with Crippen LogP contribution in [0.4, 0.5) is 13.2 Å². The van der Waals surface area contributed by atoms with Gasteiger partial charge in [-0.1, -0.05) is 5.16 Å². The van der Waals surface area contributed by atoms with Gasteiger partial charge in [0.05, 0.1) is 6.21 Å². The summed E-state index contributed by atoms with van der Waals surface area (Å²) in [5.41, 5.74) is 0.0956. The maximum atomic E-state index is 12.5. The molecular weight excluding hydrogens is 183 g/mol. The number of hydrogen-bond donors (Lipinski definition) is 0. The summed E-state index contributed by atoms with van der Waals surface area (Å²) in [6, 6.07) is 1.64. The molecule has 0 spiro atoms. The Balaban J connectivity index is 3.06. The van der Waals surface area contributed by atoms with Crippen LogP contribution in [0.1, 0.15) is 5.56 Å². The van der Waals surface area contributed by atoms with Gasteiger partial charge < -0.3 is 4.84 Å². The molecule has 0 saturated carbocycles. The molecule has 0 N–H and O–H groups in total. The summed E-state index contributed by atoms with van der Waals surface area (Å²) in [5, 5.41) is 3.27. The van der Waals surface area contributed by atoms with Gasteiger partial charge in [0.15, 0.2) is 17.5 Å². The van der Waals surface area contributed by atoms with Gasteiger partial charge in [0.1, 0.15) is 7.11 Å². The van der Waals surface area contributed by atoms with E-state index in [4.69, 9.17) is 0 Å². The average Bonchev–Trinajstić information content (AvgIpc) is 2.10. The standard InChI is InChI=1S/C8H6F3NO/c1-13-12-4-5-2-6(9)8(11)7(10)3-5/h2-4H,1H3/b12-4+. The number of halogens is 3. The van der Waals surface area contributed by atoms with Crippen LogP contribution in [-0.2, 0) is 4.84 Å². The van der Waals surface area contributed by atoms with Gasteiger partial charge in [-0.2, -0.15) is 0 Å². The minimum atomic E-state index is -1.49. The van der Waals surface area contributed by atoms with E-state index in [1.807, 2.05) is 0 Å². The molecule has 0 bridgehead atoms. The van der Waals surface area contributed by atoms with E-state index < -0.39 is 17.5 Å². The lowest BCUT2D eigenvalue weighted by atomic mass is 10.2. The fraction of sp³-hybridized carbons (Fsp3) is 0.125. The Morgan fingerprint density at radius 1 is 1.23 bits per heavy atom. The number of hydrogen-bond acceptors (Lipinski definition) is 2. The predicted octanol–water partition coefficient (Wildman–Crippen LogP) is 2.08. The fourth-order valence-corrected chi connectivity index (χ4v) is 0.763. The Morgan fingerprint density at radius 2 is 1.77 bits per heavy atom. The second kappa shape index (κ2) is 3.93. The van der Waals surface area contributed by atoms with E-state index in [2.05, 4.69) is 9.99 Å². The molecule has 0 atom stereocenters. The minimum Gasteiger partial charge on any atom is -0.399 e. The molecule has 1 rings (SSSR count). The normalized spacial score (nSPS) is 10.8. The highest BCUT2D eigenvalue weighted by molar-refractivity contribution is 5.79. The zero-order chi connectivity index (χ0) is 9.84. The van der Waals surface area contributed by atoms with Crippen LogP contribution in [0.2, 0.25) is 0 Å². The van der Waals surface area contributed by atoms with Crippen molar-refractivity contribution in [2.45, 2.75) is 0 Å². The molecular formula is C8H6F3NO. The lowest BCUT2D eigenvalue weighted by Gasteiger charge is -1.96. The Labute approximate surface area is 72.6 Å². The predicted molar refractivity (Wildman–Crippen MR) is 40.9 cm³/mol. The van der Waals surface area contributed by atoms with Crippen molar-refractivity contribution in [1.82, 2.24) is 0 Å². The molecule has 5 heteroatoms. The Hall–Kier alpha value is -1.52. The number of benzene rings is 1. The monoisotopic (exact) mass is 189 g/mol. The Bertz CT molecular complexity index is 315. The van der Waals surface area contributed by atoms with E-state index in [0.717, 1.165) is 18.3 Å². The first kappa shape index (κ1) is 9.57. The highest BCUT2D eigenvalue weighted by Crippen LogP contribution is 2.12. The van der Waals surface area contributed by atoms with Crippen molar-refractivity contribution in [1.29, 1.82) is 0 Å². The van der Waals surface area contributed by atoms with Crippen molar-refractivity contribution in [2.24, 2.45) is 5.16 Å². The molecule has 1 aromatic carbocycles.